The number of carbonyl (C=O) groups excluding carboxylic acids is 2. The third kappa shape index (κ3) is 3.81. The Balaban J connectivity index is 1.72. The van der Waals surface area contributed by atoms with Gasteiger partial charge >= 0.3 is 0 Å². The molecule has 7 heteroatoms. The standard InChI is InChI=1S/C18H25N5O2/c1-2-3-4-6-14-16(15-7-8-20-21-15)23(18(25)17(14)24)11-5-10-22-12-9-19-13-22/h7-9,12-14,16H,2-6,10-11H2,1H3,(H,20,21). The van der Waals surface area contributed by atoms with Crippen molar-refractivity contribution in [3.05, 3.63) is 36.7 Å². The number of nitrogens with one attached hydrogen (secondary N) is 1. The fraction of sp³-hybridized carbons (Fsp3) is 0.556. The summed E-state index contributed by atoms with van der Waals surface area (Å²) in [5, 5.41) is 6.98. The molecule has 0 radical (unpaired) electrons. The van der Waals surface area contributed by atoms with Crippen molar-refractivity contribution >= 4 is 11.7 Å². The van der Waals surface area contributed by atoms with Crippen LogP contribution in [0.25, 0.3) is 0 Å². The lowest BCUT2D eigenvalue weighted by atomic mass is 9.91. The van der Waals surface area contributed by atoms with E-state index in [1.165, 1.54) is 0 Å². The number of aryl methyl sites for hydroxylation is 1. The second-order valence-electron chi connectivity index (χ2n) is 6.58. The highest BCUT2D eigenvalue weighted by molar-refractivity contribution is 6.39. The van der Waals surface area contributed by atoms with Crippen molar-refractivity contribution in [1.82, 2.24) is 24.6 Å². The lowest BCUT2D eigenvalue weighted by Gasteiger charge is -2.26. The van der Waals surface area contributed by atoms with Crippen LogP contribution in [0.2, 0.25) is 0 Å². The molecular weight excluding hydrogens is 318 g/mol. The minimum atomic E-state index is -0.355. The van der Waals surface area contributed by atoms with Gasteiger partial charge in [-0.15, -0.1) is 0 Å². The average Bonchev–Trinajstić information content (AvgIpc) is 3.34. The zero-order valence-corrected chi connectivity index (χ0v) is 14.6. The lowest BCUT2D eigenvalue weighted by Crippen LogP contribution is -2.31. The van der Waals surface area contributed by atoms with Crippen LogP contribution in [0.4, 0.5) is 0 Å². The summed E-state index contributed by atoms with van der Waals surface area (Å²) >= 11 is 0. The van der Waals surface area contributed by atoms with Crippen molar-refractivity contribution in [3.63, 3.8) is 0 Å². The number of imidazole rings is 1. The Morgan fingerprint density at radius 1 is 1.16 bits per heavy atom. The Kier molecular flexibility index (Phi) is 5.63. The van der Waals surface area contributed by atoms with E-state index < -0.39 is 0 Å². The number of H-pyrrole nitrogens is 1. The van der Waals surface area contributed by atoms with Gasteiger partial charge < -0.3 is 9.47 Å². The van der Waals surface area contributed by atoms with Gasteiger partial charge in [-0.05, 0) is 18.9 Å². The van der Waals surface area contributed by atoms with Crippen molar-refractivity contribution in [2.45, 2.75) is 51.6 Å². The summed E-state index contributed by atoms with van der Waals surface area (Å²) in [5.74, 6) is -0.877. The zero-order valence-electron chi connectivity index (χ0n) is 14.6. The maximum atomic E-state index is 12.6. The van der Waals surface area contributed by atoms with Gasteiger partial charge in [0.05, 0.1) is 24.0 Å². The molecule has 2 unspecified atom stereocenters. The predicted octanol–water partition coefficient (Wildman–Crippen LogP) is 2.35. The molecule has 0 spiro atoms. The van der Waals surface area contributed by atoms with Crippen molar-refractivity contribution in [2.24, 2.45) is 5.92 Å². The summed E-state index contributed by atoms with van der Waals surface area (Å²) in [4.78, 5) is 30.9. The molecule has 7 nitrogen and oxygen atoms in total. The highest BCUT2D eigenvalue weighted by Gasteiger charge is 2.47. The summed E-state index contributed by atoms with van der Waals surface area (Å²) < 4.78 is 1.98. The van der Waals surface area contributed by atoms with E-state index in [2.05, 4.69) is 22.1 Å². The van der Waals surface area contributed by atoms with Gasteiger partial charge in [0.2, 0.25) is 5.78 Å². The molecule has 1 N–H and O–H groups in total. The quantitative estimate of drug-likeness (QED) is 0.559. The Morgan fingerprint density at radius 3 is 2.72 bits per heavy atom. The van der Waals surface area contributed by atoms with Gasteiger partial charge in [0.25, 0.3) is 5.91 Å². The second kappa shape index (κ2) is 8.09. The number of rotatable bonds is 9. The monoisotopic (exact) mass is 343 g/mol. The van der Waals surface area contributed by atoms with Gasteiger partial charge in [0, 0.05) is 31.7 Å². The van der Waals surface area contributed by atoms with E-state index in [4.69, 9.17) is 0 Å². The van der Waals surface area contributed by atoms with Crippen molar-refractivity contribution in [3.8, 4) is 0 Å². The molecule has 1 aliphatic rings. The Bertz CT molecular complexity index is 680. The molecule has 134 valence electrons. The molecule has 1 aliphatic heterocycles. The third-order valence-electron chi connectivity index (χ3n) is 4.86. The molecule has 2 atom stereocenters. The smallest absolute Gasteiger partial charge is 0.290 e. The maximum Gasteiger partial charge on any atom is 0.290 e. The molecular formula is C18H25N5O2. The maximum absolute atomic E-state index is 12.6. The number of likely N-dealkylation sites (tertiary alicyclic amines) is 1. The first-order valence-corrected chi connectivity index (χ1v) is 9.02. The molecule has 1 fully saturated rings. The van der Waals surface area contributed by atoms with E-state index >= 15 is 0 Å². The van der Waals surface area contributed by atoms with E-state index in [-0.39, 0.29) is 23.7 Å². The third-order valence-corrected chi connectivity index (χ3v) is 4.86. The molecule has 0 saturated carbocycles. The van der Waals surface area contributed by atoms with Crippen LogP contribution >= 0.6 is 0 Å². The van der Waals surface area contributed by atoms with E-state index in [1.54, 1.807) is 23.6 Å². The minimum absolute atomic E-state index is 0.220. The van der Waals surface area contributed by atoms with Crippen molar-refractivity contribution in [1.29, 1.82) is 0 Å². The van der Waals surface area contributed by atoms with Crippen molar-refractivity contribution in [2.75, 3.05) is 6.54 Å². The van der Waals surface area contributed by atoms with E-state index in [0.717, 1.165) is 44.3 Å². The Hall–Kier alpha value is -2.44. The molecule has 25 heavy (non-hydrogen) atoms. The van der Waals surface area contributed by atoms with Gasteiger partial charge in [0.1, 0.15) is 0 Å². The van der Waals surface area contributed by atoms with Crippen LogP contribution in [0.3, 0.4) is 0 Å². The van der Waals surface area contributed by atoms with Crippen LogP contribution in [-0.2, 0) is 16.1 Å². The number of unbranched alkanes of at least 4 members (excludes halogenated alkanes) is 2. The summed E-state index contributed by atoms with van der Waals surface area (Å²) in [6, 6.07) is 1.65. The van der Waals surface area contributed by atoms with Crippen molar-refractivity contribution < 1.29 is 9.59 Å². The van der Waals surface area contributed by atoms with Gasteiger partial charge in [0.15, 0.2) is 0 Å². The highest BCUT2D eigenvalue weighted by Crippen LogP contribution is 2.38. The molecule has 0 aromatic carbocycles. The fourth-order valence-electron chi connectivity index (χ4n) is 3.59. The van der Waals surface area contributed by atoms with Crippen LogP contribution in [0.5, 0.6) is 0 Å². The van der Waals surface area contributed by atoms with E-state index in [1.807, 2.05) is 16.8 Å². The molecule has 2 aromatic rings. The van der Waals surface area contributed by atoms with Gasteiger partial charge in [-0.25, -0.2) is 4.98 Å². The average molecular weight is 343 g/mol. The number of hydrogen-bond acceptors (Lipinski definition) is 4. The number of ketones is 1. The molecule has 1 amide bonds. The topological polar surface area (TPSA) is 83.9 Å². The zero-order chi connectivity index (χ0) is 17.6. The molecule has 0 aliphatic carbocycles. The van der Waals surface area contributed by atoms with Crippen LogP contribution < -0.4 is 0 Å². The normalized spacial score (nSPS) is 20.6. The summed E-state index contributed by atoms with van der Waals surface area (Å²) in [7, 11) is 0. The van der Waals surface area contributed by atoms with Gasteiger partial charge in [-0.2, -0.15) is 5.10 Å². The molecule has 3 heterocycles. The minimum Gasteiger partial charge on any atom is -0.337 e. The number of aromatic nitrogens is 4. The van der Waals surface area contributed by atoms with E-state index in [0.29, 0.717) is 6.54 Å². The van der Waals surface area contributed by atoms with Crippen LogP contribution in [-0.4, -0.2) is 42.9 Å². The number of aromatic amines is 1. The molecule has 0 bridgehead atoms. The lowest BCUT2D eigenvalue weighted by molar-refractivity contribution is -0.141. The highest BCUT2D eigenvalue weighted by atomic mass is 16.2. The van der Waals surface area contributed by atoms with E-state index in [9.17, 15) is 9.59 Å². The number of nitrogens with zero attached hydrogens (tertiary/aromatic N) is 4. The number of carbonyl (C=O) groups is 2. The summed E-state index contributed by atoms with van der Waals surface area (Å²) in [5.41, 5.74) is 0.850. The SMILES string of the molecule is CCCCCC1C(=O)C(=O)N(CCCn2ccnc2)C1c1ccn[nH]1. The molecule has 1 saturated heterocycles. The van der Waals surface area contributed by atoms with Crippen LogP contribution in [0.15, 0.2) is 31.0 Å². The first kappa shape index (κ1) is 17.4. The predicted molar refractivity (Wildman–Crippen MR) is 92.5 cm³/mol. The number of hydrogen-bond donors (Lipinski definition) is 1. The molecule has 3 rings (SSSR count). The van der Waals surface area contributed by atoms with Crippen LogP contribution in [0.1, 0.15) is 50.8 Å². The summed E-state index contributed by atoms with van der Waals surface area (Å²) in [6.45, 7) is 3.46. The molecule has 2 aromatic heterocycles. The Morgan fingerprint density at radius 2 is 2.04 bits per heavy atom. The second-order valence-corrected chi connectivity index (χ2v) is 6.58. The Labute approximate surface area is 147 Å². The largest absolute Gasteiger partial charge is 0.337 e. The number of Topliss-reactive ketones (excluding diaryl/α,β-unsaturated/α-hetero) is 1. The first-order valence-electron chi connectivity index (χ1n) is 9.02. The van der Waals surface area contributed by atoms with Crippen LogP contribution in [0, 0.1) is 5.92 Å². The summed E-state index contributed by atoms with van der Waals surface area (Å²) in [6.07, 6.45) is 11.7. The van der Waals surface area contributed by atoms with Gasteiger partial charge in [-0.1, -0.05) is 26.2 Å². The number of amides is 1. The fourth-order valence-corrected chi connectivity index (χ4v) is 3.59. The first-order chi connectivity index (χ1) is 12.2. The van der Waals surface area contributed by atoms with Gasteiger partial charge in [-0.3, -0.25) is 14.7 Å².